The fraction of sp³-hybridized carbons (Fsp3) is 0.333. The highest BCUT2D eigenvalue weighted by molar-refractivity contribution is 6.00. The lowest BCUT2D eigenvalue weighted by Gasteiger charge is -2.16. The molecule has 150 valence electrons. The standard InChI is InChI=1S/C21H26N4O2.ClH/c1-14-10-11-17(24-21(27)23-16-7-3-2-4-8-16)13-19(14)25-20(26)12-15-6-5-9-18(15)22;/h2-4,7-8,10-11,13,15,18H,5-6,9,12,22H2,1H3,(H,25,26)(H2,23,24,27);1H/t15-,18+;/m0./s1. The summed E-state index contributed by atoms with van der Waals surface area (Å²) in [5.41, 5.74) is 9.02. The molecule has 2 atom stereocenters. The molecule has 1 aliphatic rings. The number of nitrogens with one attached hydrogen (secondary N) is 3. The molecule has 7 heteroatoms. The summed E-state index contributed by atoms with van der Waals surface area (Å²) >= 11 is 0. The Morgan fingerprint density at radius 2 is 1.71 bits per heavy atom. The molecule has 1 fully saturated rings. The molecule has 6 nitrogen and oxygen atoms in total. The Morgan fingerprint density at radius 3 is 2.39 bits per heavy atom. The van der Waals surface area contributed by atoms with Crippen LogP contribution in [0.5, 0.6) is 0 Å². The van der Waals surface area contributed by atoms with Gasteiger partial charge in [0.05, 0.1) is 0 Å². The molecule has 0 bridgehead atoms. The van der Waals surface area contributed by atoms with Crippen molar-refractivity contribution >= 4 is 41.4 Å². The summed E-state index contributed by atoms with van der Waals surface area (Å²) in [4.78, 5) is 24.5. The molecule has 0 heterocycles. The number of hydrogen-bond donors (Lipinski definition) is 4. The van der Waals surface area contributed by atoms with Gasteiger partial charge in [-0.05, 0) is 55.5 Å². The van der Waals surface area contributed by atoms with Crippen molar-refractivity contribution in [2.24, 2.45) is 11.7 Å². The predicted molar refractivity (Wildman–Crippen MR) is 116 cm³/mol. The highest BCUT2D eigenvalue weighted by Gasteiger charge is 2.26. The first-order valence-corrected chi connectivity index (χ1v) is 9.30. The Hall–Kier alpha value is -2.57. The van der Waals surface area contributed by atoms with E-state index in [-0.39, 0.29) is 36.3 Å². The van der Waals surface area contributed by atoms with Crippen molar-refractivity contribution in [3.05, 3.63) is 54.1 Å². The SMILES string of the molecule is Cc1ccc(NC(=O)Nc2ccccc2)cc1NC(=O)C[C@@H]1CCC[C@H]1N.Cl. The number of halogens is 1. The van der Waals surface area contributed by atoms with Crippen LogP contribution in [0.2, 0.25) is 0 Å². The normalized spacial score (nSPS) is 18.1. The van der Waals surface area contributed by atoms with Gasteiger partial charge in [0.2, 0.25) is 5.91 Å². The van der Waals surface area contributed by atoms with E-state index in [1.54, 1.807) is 6.07 Å². The van der Waals surface area contributed by atoms with Gasteiger partial charge >= 0.3 is 6.03 Å². The molecule has 0 radical (unpaired) electrons. The highest BCUT2D eigenvalue weighted by atomic mass is 35.5. The highest BCUT2D eigenvalue weighted by Crippen LogP contribution is 2.28. The minimum Gasteiger partial charge on any atom is -0.327 e. The van der Waals surface area contributed by atoms with E-state index in [1.807, 2.05) is 49.4 Å². The largest absolute Gasteiger partial charge is 0.327 e. The summed E-state index contributed by atoms with van der Waals surface area (Å²) < 4.78 is 0. The lowest BCUT2D eigenvalue weighted by Crippen LogP contribution is -2.28. The number of rotatable bonds is 5. The van der Waals surface area contributed by atoms with Crippen LogP contribution in [0.15, 0.2) is 48.5 Å². The number of benzene rings is 2. The molecule has 1 saturated carbocycles. The van der Waals surface area contributed by atoms with Gasteiger partial charge in [0.1, 0.15) is 0 Å². The quantitative estimate of drug-likeness (QED) is 0.592. The first-order valence-electron chi connectivity index (χ1n) is 9.30. The van der Waals surface area contributed by atoms with Gasteiger partial charge in [0, 0.05) is 29.5 Å². The van der Waals surface area contributed by atoms with Crippen LogP contribution in [0, 0.1) is 12.8 Å². The molecule has 2 aromatic rings. The van der Waals surface area contributed by atoms with Crippen LogP contribution in [-0.4, -0.2) is 18.0 Å². The monoisotopic (exact) mass is 402 g/mol. The van der Waals surface area contributed by atoms with Crippen molar-refractivity contribution in [1.82, 2.24) is 0 Å². The number of aryl methyl sites for hydroxylation is 1. The number of para-hydroxylation sites is 1. The van der Waals surface area contributed by atoms with Gasteiger partial charge in [-0.25, -0.2) is 4.79 Å². The minimum atomic E-state index is -0.334. The van der Waals surface area contributed by atoms with E-state index in [0.717, 1.165) is 24.8 Å². The Labute approximate surface area is 171 Å². The van der Waals surface area contributed by atoms with E-state index in [4.69, 9.17) is 5.73 Å². The van der Waals surface area contributed by atoms with E-state index in [0.29, 0.717) is 23.5 Å². The first-order chi connectivity index (χ1) is 13.0. The van der Waals surface area contributed by atoms with Gasteiger partial charge in [0.25, 0.3) is 0 Å². The molecule has 3 rings (SSSR count). The zero-order valence-corrected chi connectivity index (χ0v) is 16.7. The van der Waals surface area contributed by atoms with E-state index >= 15 is 0 Å². The average Bonchev–Trinajstić information content (AvgIpc) is 3.03. The van der Waals surface area contributed by atoms with Crippen LogP contribution in [0.1, 0.15) is 31.2 Å². The molecule has 0 unspecified atom stereocenters. The van der Waals surface area contributed by atoms with E-state index in [1.165, 1.54) is 0 Å². The third-order valence-corrected chi connectivity index (χ3v) is 4.97. The molecular weight excluding hydrogens is 376 g/mol. The molecule has 3 amide bonds. The second-order valence-electron chi connectivity index (χ2n) is 7.08. The van der Waals surface area contributed by atoms with Gasteiger partial charge in [0.15, 0.2) is 0 Å². The number of amides is 3. The molecule has 0 aromatic heterocycles. The number of nitrogens with two attached hydrogens (primary N) is 1. The van der Waals surface area contributed by atoms with E-state index in [9.17, 15) is 9.59 Å². The Balaban J connectivity index is 0.00000280. The van der Waals surface area contributed by atoms with Crippen LogP contribution < -0.4 is 21.7 Å². The van der Waals surface area contributed by atoms with Crippen molar-refractivity contribution in [1.29, 1.82) is 0 Å². The topological polar surface area (TPSA) is 96.2 Å². The molecule has 5 N–H and O–H groups in total. The molecule has 1 aliphatic carbocycles. The van der Waals surface area contributed by atoms with Crippen molar-refractivity contribution in [2.45, 2.75) is 38.6 Å². The average molecular weight is 403 g/mol. The zero-order valence-electron chi connectivity index (χ0n) is 15.9. The second kappa shape index (κ2) is 10.1. The number of carbonyl (C=O) groups excluding carboxylic acids is 2. The van der Waals surface area contributed by atoms with Crippen LogP contribution in [-0.2, 0) is 4.79 Å². The Morgan fingerprint density at radius 1 is 1.00 bits per heavy atom. The van der Waals surface area contributed by atoms with Gasteiger partial charge in [-0.2, -0.15) is 0 Å². The predicted octanol–water partition coefficient (Wildman–Crippen LogP) is 4.52. The summed E-state index contributed by atoms with van der Waals surface area (Å²) in [5, 5.41) is 8.51. The van der Waals surface area contributed by atoms with Crippen molar-refractivity contribution in [3.8, 4) is 0 Å². The number of carbonyl (C=O) groups is 2. The van der Waals surface area contributed by atoms with Gasteiger partial charge in [-0.1, -0.05) is 30.7 Å². The van der Waals surface area contributed by atoms with Crippen molar-refractivity contribution < 1.29 is 9.59 Å². The molecule has 2 aromatic carbocycles. The summed E-state index contributed by atoms with van der Waals surface area (Å²) in [7, 11) is 0. The Kier molecular flexibility index (Phi) is 7.84. The minimum absolute atomic E-state index is 0. The molecular formula is C21H27ClN4O2. The molecule has 28 heavy (non-hydrogen) atoms. The number of hydrogen-bond acceptors (Lipinski definition) is 3. The summed E-state index contributed by atoms with van der Waals surface area (Å²) in [6, 6.07) is 14.4. The van der Waals surface area contributed by atoms with Crippen LogP contribution in [0.4, 0.5) is 21.9 Å². The van der Waals surface area contributed by atoms with E-state index in [2.05, 4.69) is 16.0 Å². The fourth-order valence-electron chi connectivity index (χ4n) is 3.41. The molecule has 0 aliphatic heterocycles. The lowest BCUT2D eigenvalue weighted by molar-refractivity contribution is -0.117. The second-order valence-corrected chi connectivity index (χ2v) is 7.08. The Bertz CT molecular complexity index is 813. The summed E-state index contributed by atoms with van der Waals surface area (Å²) in [6.45, 7) is 1.92. The number of anilines is 3. The summed E-state index contributed by atoms with van der Waals surface area (Å²) in [6.07, 6.45) is 3.53. The molecule has 0 saturated heterocycles. The smallest absolute Gasteiger partial charge is 0.323 e. The maximum absolute atomic E-state index is 12.4. The van der Waals surface area contributed by atoms with Crippen molar-refractivity contribution in [3.63, 3.8) is 0 Å². The van der Waals surface area contributed by atoms with E-state index < -0.39 is 0 Å². The van der Waals surface area contributed by atoms with Gasteiger partial charge in [-0.15, -0.1) is 12.4 Å². The third-order valence-electron chi connectivity index (χ3n) is 4.97. The zero-order chi connectivity index (χ0) is 19.2. The van der Waals surface area contributed by atoms with Crippen LogP contribution in [0.25, 0.3) is 0 Å². The third kappa shape index (κ3) is 5.97. The maximum atomic E-state index is 12.4. The van der Waals surface area contributed by atoms with Crippen molar-refractivity contribution in [2.75, 3.05) is 16.0 Å². The number of urea groups is 1. The summed E-state index contributed by atoms with van der Waals surface area (Å²) in [5.74, 6) is 0.217. The van der Waals surface area contributed by atoms with Crippen LogP contribution in [0.3, 0.4) is 0 Å². The lowest BCUT2D eigenvalue weighted by atomic mass is 10.00. The fourth-order valence-corrected chi connectivity index (χ4v) is 3.41. The van der Waals surface area contributed by atoms with Gasteiger partial charge in [-0.3, -0.25) is 4.79 Å². The molecule has 0 spiro atoms. The first kappa shape index (κ1) is 21.7. The van der Waals surface area contributed by atoms with Crippen LogP contribution >= 0.6 is 12.4 Å². The maximum Gasteiger partial charge on any atom is 0.323 e. The van der Waals surface area contributed by atoms with Gasteiger partial charge < -0.3 is 21.7 Å².